The number of benzene rings is 1. The van der Waals surface area contributed by atoms with Gasteiger partial charge in [-0.05, 0) is 42.1 Å². The molecule has 1 aromatic carbocycles. The van der Waals surface area contributed by atoms with Gasteiger partial charge in [0.05, 0.1) is 7.11 Å². The van der Waals surface area contributed by atoms with Crippen molar-refractivity contribution in [3.63, 3.8) is 0 Å². The van der Waals surface area contributed by atoms with Crippen molar-refractivity contribution in [2.75, 3.05) is 13.7 Å². The Bertz CT molecular complexity index is 356. The van der Waals surface area contributed by atoms with Crippen LogP contribution in [-0.2, 0) is 6.42 Å². The second-order valence-electron chi connectivity index (χ2n) is 3.00. The Kier molecular flexibility index (Phi) is 3.83. The first-order chi connectivity index (χ1) is 6.77. The first kappa shape index (κ1) is 10.4. The van der Waals surface area contributed by atoms with E-state index in [9.17, 15) is 0 Å². The van der Waals surface area contributed by atoms with Gasteiger partial charge in [-0.3, -0.25) is 0 Å². The second-order valence-corrected chi connectivity index (χ2v) is 3.00. The Labute approximate surface area is 83.1 Å². The minimum Gasteiger partial charge on any atom is -0.497 e. The molecule has 74 valence electrons. The molecule has 1 rings (SSSR count). The smallest absolute Gasteiger partial charge is 0.119 e. The van der Waals surface area contributed by atoms with Crippen LogP contribution in [-0.4, -0.2) is 13.7 Å². The lowest BCUT2D eigenvalue weighted by Crippen LogP contribution is -1.93. The van der Waals surface area contributed by atoms with Crippen LogP contribution in [0.5, 0.6) is 5.75 Å². The van der Waals surface area contributed by atoms with E-state index in [2.05, 4.69) is 10.0 Å². The van der Waals surface area contributed by atoms with E-state index in [-0.39, 0.29) is 0 Å². The topological polar surface area (TPSA) is 58.0 Å². The first-order valence-electron chi connectivity index (χ1n) is 4.42. The van der Waals surface area contributed by atoms with Gasteiger partial charge >= 0.3 is 0 Å². The lowest BCUT2D eigenvalue weighted by molar-refractivity contribution is 0.414. The molecule has 0 aliphatic heterocycles. The third kappa shape index (κ3) is 2.68. The molecular weight excluding hydrogens is 178 g/mol. The summed E-state index contributed by atoms with van der Waals surface area (Å²) in [6.45, 7) is 2.53. The molecule has 0 bridgehead atoms. The zero-order chi connectivity index (χ0) is 10.4. The van der Waals surface area contributed by atoms with Crippen molar-refractivity contribution in [2.45, 2.75) is 13.3 Å². The highest BCUT2D eigenvalue weighted by Crippen LogP contribution is 2.17. The van der Waals surface area contributed by atoms with Crippen LogP contribution in [0.1, 0.15) is 11.1 Å². The number of ether oxygens (including phenoxy) is 1. The van der Waals surface area contributed by atoms with Gasteiger partial charge in [-0.1, -0.05) is 11.2 Å². The summed E-state index contributed by atoms with van der Waals surface area (Å²) in [7, 11) is 1.65. The van der Waals surface area contributed by atoms with Crippen molar-refractivity contribution in [1.82, 2.24) is 0 Å². The van der Waals surface area contributed by atoms with Crippen LogP contribution in [0.25, 0.3) is 10.4 Å². The molecule has 0 unspecified atom stereocenters. The maximum atomic E-state index is 8.13. The Hall–Kier alpha value is -1.67. The highest BCUT2D eigenvalue weighted by Gasteiger charge is 1.99. The molecule has 0 saturated heterocycles. The van der Waals surface area contributed by atoms with Crippen LogP contribution in [0.4, 0.5) is 0 Å². The van der Waals surface area contributed by atoms with Gasteiger partial charge in [0, 0.05) is 11.5 Å². The number of aryl methyl sites for hydroxylation is 1. The summed E-state index contributed by atoms with van der Waals surface area (Å²) >= 11 is 0. The van der Waals surface area contributed by atoms with E-state index in [1.807, 2.05) is 25.1 Å². The van der Waals surface area contributed by atoms with Gasteiger partial charge in [0.2, 0.25) is 0 Å². The monoisotopic (exact) mass is 191 g/mol. The van der Waals surface area contributed by atoms with E-state index in [1.54, 1.807) is 7.11 Å². The van der Waals surface area contributed by atoms with Crippen molar-refractivity contribution in [3.05, 3.63) is 39.8 Å². The normalized spacial score (nSPS) is 9.29. The molecule has 0 aromatic heterocycles. The summed E-state index contributed by atoms with van der Waals surface area (Å²) in [6.07, 6.45) is 0.778. The van der Waals surface area contributed by atoms with E-state index in [4.69, 9.17) is 10.3 Å². The molecule has 0 aliphatic rings. The van der Waals surface area contributed by atoms with Crippen LogP contribution in [0.3, 0.4) is 0 Å². The fourth-order valence-electron chi connectivity index (χ4n) is 1.29. The standard InChI is InChI=1S/C10H13N3O/c1-8-7-10(14-2)4-3-9(8)5-6-12-13-11/h3-4,7H,5-6H2,1-2H3. The highest BCUT2D eigenvalue weighted by atomic mass is 16.5. The number of hydrogen-bond acceptors (Lipinski definition) is 2. The second kappa shape index (κ2) is 5.14. The summed E-state index contributed by atoms with van der Waals surface area (Å²) in [5.74, 6) is 0.857. The average molecular weight is 191 g/mol. The largest absolute Gasteiger partial charge is 0.497 e. The number of rotatable bonds is 4. The lowest BCUT2D eigenvalue weighted by Gasteiger charge is -2.06. The number of hydrogen-bond donors (Lipinski definition) is 0. The minimum absolute atomic E-state index is 0.504. The van der Waals surface area contributed by atoms with E-state index < -0.39 is 0 Å². The van der Waals surface area contributed by atoms with Crippen LogP contribution < -0.4 is 4.74 Å². The minimum atomic E-state index is 0.504. The summed E-state index contributed by atoms with van der Waals surface area (Å²) in [6, 6.07) is 5.89. The molecular formula is C10H13N3O. The number of nitrogens with zero attached hydrogens (tertiary/aromatic N) is 3. The first-order valence-corrected chi connectivity index (χ1v) is 4.42. The Morgan fingerprint density at radius 3 is 2.86 bits per heavy atom. The Balaban J connectivity index is 2.73. The molecule has 4 heteroatoms. The summed E-state index contributed by atoms with van der Waals surface area (Å²) in [5.41, 5.74) is 10.5. The quantitative estimate of drug-likeness (QED) is 0.410. The molecule has 0 aliphatic carbocycles. The third-order valence-electron chi connectivity index (χ3n) is 2.09. The van der Waals surface area contributed by atoms with Crippen molar-refractivity contribution in [1.29, 1.82) is 0 Å². The van der Waals surface area contributed by atoms with Crippen molar-refractivity contribution in [2.24, 2.45) is 5.11 Å². The maximum absolute atomic E-state index is 8.13. The molecule has 0 heterocycles. The zero-order valence-electron chi connectivity index (χ0n) is 8.40. The van der Waals surface area contributed by atoms with E-state index in [1.165, 1.54) is 5.56 Å². The molecule has 0 N–H and O–H groups in total. The fourth-order valence-corrected chi connectivity index (χ4v) is 1.29. The molecule has 0 saturated carbocycles. The molecule has 4 nitrogen and oxygen atoms in total. The van der Waals surface area contributed by atoms with Gasteiger partial charge < -0.3 is 4.74 Å². The maximum Gasteiger partial charge on any atom is 0.119 e. The zero-order valence-corrected chi connectivity index (χ0v) is 8.40. The predicted molar refractivity (Wildman–Crippen MR) is 55.4 cm³/mol. The van der Waals surface area contributed by atoms with Crippen LogP contribution >= 0.6 is 0 Å². The SMILES string of the molecule is COc1ccc(CCN=[N+]=[N-])c(C)c1. The molecule has 1 aromatic rings. The van der Waals surface area contributed by atoms with Crippen molar-refractivity contribution >= 4 is 0 Å². The Morgan fingerprint density at radius 1 is 1.50 bits per heavy atom. The van der Waals surface area contributed by atoms with Gasteiger partial charge in [-0.2, -0.15) is 0 Å². The van der Waals surface area contributed by atoms with Crippen molar-refractivity contribution in [3.8, 4) is 5.75 Å². The molecule has 14 heavy (non-hydrogen) atoms. The molecule has 0 atom stereocenters. The van der Waals surface area contributed by atoms with Crippen molar-refractivity contribution < 1.29 is 4.74 Å². The third-order valence-corrected chi connectivity index (χ3v) is 2.09. The van der Waals surface area contributed by atoms with Gasteiger partial charge in [0.1, 0.15) is 5.75 Å². The average Bonchev–Trinajstić information content (AvgIpc) is 2.20. The van der Waals surface area contributed by atoms with Gasteiger partial charge in [-0.15, -0.1) is 0 Å². The number of methoxy groups -OCH3 is 1. The lowest BCUT2D eigenvalue weighted by atomic mass is 10.1. The van der Waals surface area contributed by atoms with E-state index in [0.29, 0.717) is 6.54 Å². The van der Waals surface area contributed by atoms with Gasteiger partial charge in [-0.25, -0.2) is 0 Å². The summed E-state index contributed by atoms with van der Waals surface area (Å²) in [5, 5.41) is 3.50. The van der Waals surface area contributed by atoms with Gasteiger partial charge in [0.25, 0.3) is 0 Å². The summed E-state index contributed by atoms with van der Waals surface area (Å²) in [4.78, 5) is 2.71. The predicted octanol–water partition coefficient (Wildman–Crippen LogP) is 2.86. The van der Waals surface area contributed by atoms with E-state index in [0.717, 1.165) is 17.7 Å². The number of azide groups is 1. The summed E-state index contributed by atoms with van der Waals surface area (Å²) < 4.78 is 5.09. The van der Waals surface area contributed by atoms with Crippen LogP contribution in [0, 0.1) is 6.92 Å². The van der Waals surface area contributed by atoms with E-state index >= 15 is 0 Å². The van der Waals surface area contributed by atoms with Gasteiger partial charge in [0.15, 0.2) is 0 Å². The molecule has 0 radical (unpaired) electrons. The molecule has 0 amide bonds. The molecule has 0 fully saturated rings. The van der Waals surface area contributed by atoms with Crippen LogP contribution in [0.15, 0.2) is 23.3 Å². The fraction of sp³-hybridized carbons (Fsp3) is 0.400. The highest BCUT2D eigenvalue weighted by molar-refractivity contribution is 5.34. The van der Waals surface area contributed by atoms with Crippen LogP contribution in [0.2, 0.25) is 0 Å². The Morgan fingerprint density at radius 2 is 2.29 bits per heavy atom. The molecule has 0 spiro atoms.